The number of nitrogens with zero attached hydrogens (tertiary/aromatic N) is 1. The minimum atomic E-state index is -1.09. The van der Waals surface area contributed by atoms with Crippen molar-refractivity contribution < 1.29 is 14.6 Å². The van der Waals surface area contributed by atoms with E-state index in [9.17, 15) is 4.79 Å². The molecule has 1 heterocycles. The molecule has 0 saturated carbocycles. The van der Waals surface area contributed by atoms with Crippen molar-refractivity contribution in [1.82, 2.24) is 10.3 Å². The fourth-order valence-corrected chi connectivity index (χ4v) is 1.50. The van der Waals surface area contributed by atoms with Crippen LogP contribution < -0.4 is 10.1 Å². The summed E-state index contributed by atoms with van der Waals surface area (Å²) in [5.41, 5.74) is 0. The molecule has 1 rings (SSSR count). The Labute approximate surface area is 99.5 Å². The van der Waals surface area contributed by atoms with Gasteiger partial charge in [0.15, 0.2) is 0 Å². The van der Waals surface area contributed by atoms with E-state index in [0.717, 1.165) is 4.47 Å². The van der Waals surface area contributed by atoms with Gasteiger partial charge in [-0.2, -0.15) is 0 Å². The van der Waals surface area contributed by atoms with Gasteiger partial charge >= 0.3 is 6.09 Å². The molecular weight excluding hydrogens is 287 g/mol. The van der Waals surface area contributed by atoms with Gasteiger partial charge in [0.2, 0.25) is 5.88 Å². The minimum Gasteiger partial charge on any atom is -0.475 e. The summed E-state index contributed by atoms with van der Waals surface area (Å²) < 4.78 is 5.91. The van der Waals surface area contributed by atoms with Gasteiger partial charge < -0.3 is 15.2 Å². The third-order valence-electron chi connectivity index (χ3n) is 1.39. The van der Waals surface area contributed by atoms with Crippen molar-refractivity contribution >= 4 is 33.6 Å². The van der Waals surface area contributed by atoms with Crippen molar-refractivity contribution in [3.05, 3.63) is 21.8 Å². The second-order valence-corrected chi connectivity index (χ2v) is 3.84. The van der Waals surface area contributed by atoms with Gasteiger partial charge in [0.1, 0.15) is 11.6 Å². The van der Waals surface area contributed by atoms with E-state index in [4.69, 9.17) is 21.4 Å². The molecule has 0 spiro atoms. The Balaban J connectivity index is 2.40. The summed E-state index contributed by atoms with van der Waals surface area (Å²) in [5, 5.41) is 10.8. The van der Waals surface area contributed by atoms with Crippen LogP contribution >= 0.6 is 27.5 Å². The average Bonchev–Trinajstić information content (AvgIpc) is 2.14. The third kappa shape index (κ3) is 4.35. The van der Waals surface area contributed by atoms with Gasteiger partial charge in [0, 0.05) is 10.7 Å². The molecule has 5 nitrogen and oxygen atoms in total. The number of nitrogens with one attached hydrogen (secondary N) is 1. The predicted molar refractivity (Wildman–Crippen MR) is 58.5 cm³/mol. The number of ether oxygens (including phenoxy) is 1. The first-order valence-electron chi connectivity index (χ1n) is 4.00. The highest BCUT2D eigenvalue weighted by Crippen LogP contribution is 2.24. The summed E-state index contributed by atoms with van der Waals surface area (Å²) in [6, 6.07) is 1.65. The monoisotopic (exact) mass is 294 g/mol. The summed E-state index contributed by atoms with van der Waals surface area (Å²) in [6.07, 6.45) is 0.458. The summed E-state index contributed by atoms with van der Waals surface area (Å²) in [7, 11) is 0. The standard InChI is InChI=1S/C8H8BrClN2O3/c9-5-3-6(10)7(12-4-5)15-2-1-11-8(13)14/h3-4,11H,1-2H2,(H,13,14). The van der Waals surface area contributed by atoms with E-state index in [2.05, 4.69) is 26.2 Å². The van der Waals surface area contributed by atoms with Crippen LogP contribution in [0.1, 0.15) is 0 Å². The number of aromatic nitrogens is 1. The molecule has 1 aromatic rings. The third-order valence-corrected chi connectivity index (χ3v) is 2.10. The molecular formula is C8H8BrClN2O3. The molecule has 1 aromatic heterocycles. The molecule has 0 aliphatic carbocycles. The Hall–Kier alpha value is -1.01. The second kappa shape index (κ2) is 5.77. The number of halogens is 2. The number of carboxylic acid groups (broad SMARTS) is 1. The van der Waals surface area contributed by atoms with Crippen molar-refractivity contribution in [3.8, 4) is 5.88 Å². The number of carbonyl (C=O) groups is 1. The fourth-order valence-electron chi connectivity index (χ4n) is 0.814. The van der Waals surface area contributed by atoms with Crippen LogP contribution in [-0.2, 0) is 0 Å². The Morgan fingerprint density at radius 2 is 2.47 bits per heavy atom. The van der Waals surface area contributed by atoms with E-state index in [1.54, 1.807) is 12.3 Å². The van der Waals surface area contributed by atoms with Crippen molar-refractivity contribution in [1.29, 1.82) is 0 Å². The van der Waals surface area contributed by atoms with Crippen LogP contribution in [0.15, 0.2) is 16.7 Å². The Kier molecular flexibility index (Phi) is 4.64. The topological polar surface area (TPSA) is 71.5 Å². The maximum Gasteiger partial charge on any atom is 0.404 e. The van der Waals surface area contributed by atoms with E-state index in [1.165, 1.54) is 0 Å². The molecule has 0 radical (unpaired) electrons. The highest BCUT2D eigenvalue weighted by atomic mass is 79.9. The fraction of sp³-hybridized carbons (Fsp3) is 0.250. The lowest BCUT2D eigenvalue weighted by Crippen LogP contribution is -2.26. The molecule has 0 unspecified atom stereocenters. The second-order valence-electron chi connectivity index (χ2n) is 2.52. The summed E-state index contributed by atoms with van der Waals surface area (Å²) in [5.74, 6) is 0.284. The van der Waals surface area contributed by atoms with Gasteiger partial charge in [-0.1, -0.05) is 11.6 Å². The average molecular weight is 296 g/mol. The molecule has 0 fully saturated rings. The van der Waals surface area contributed by atoms with Crippen molar-refractivity contribution in [2.45, 2.75) is 0 Å². The van der Waals surface area contributed by atoms with Crippen molar-refractivity contribution in [3.63, 3.8) is 0 Å². The predicted octanol–water partition coefficient (Wildman–Crippen LogP) is 2.14. The molecule has 0 aliphatic heterocycles. The zero-order valence-corrected chi connectivity index (χ0v) is 9.88. The van der Waals surface area contributed by atoms with E-state index in [-0.39, 0.29) is 19.0 Å². The molecule has 0 saturated heterocycles. The number of pyridine rings is 1. The van der Waals surface area contributed by atoms with Crippen LogP contribution in [0.5, 0.6) is 5.88 Å². The molecule has 7 heteroatoms. The molecule has 2 N–H and O–H groups in total. The first-order chi connectivity index (χ1) is 7.09. The van der Waals surface area contributed by atoms with Gasteiger partial charge in [-0.25, -0.2) is 9.78 Å². The summed E-state index contributed by atoms with van der Waals surface area (Å²) >= 11 is 9.02. The van der Waals surface area contributed by atoms with Crippen LogP contribution in [0.4, 0.5) is 4.79 Å². The number of amides is 1. The summed E-state index contributed by atoms with van der Waals surface area (Å²) in [4.78, 5) is 14.0. The van der Waals surface area contributed by atoms with Gasteiger partial charge in [0.05, 0.1) is 6.54 Å². The van der Waals surface area contributed by atoms with Gasteiger partial charge in [-0.15, -0.1) is 0 Å². The highest BCUT2D eigenvalue weighted by molar-refractivity contribution is 9.10. The van der Waals surface area contributed by atoms with Crippen LogP contribution in [0, 0.1) is 0 Å². The molecule has 0 aliphatic rings. The smallest absolute Gasteiger partial charge is 0.404 e. The number of rotatable bonds is 4. The first-order valence-corrected chi connectivity index (χ1v) is 5.17. The van der Waals surface area contributed by atoms with Crippen LogP contribution in [-0.4, -0.2) is 29.3 Å². The minimum absolute atomic E-state index is 0.181. The zero-order valence-electron chi connectivity index (χ0n) is 7.54. The van der Waals surface area contributed by atoms with E-state index in [0.29, 0.717) is 5.02 Å². The largest absolute Gasteiger partial charge is 0.475 e. The van der Waals surface area contributed by atoms with Crippen molar-refractivity contribution in [2.24, 2.45) is 0 Å². The maximum atomic E-state index is 10.1. The van der Waals surface area contributed by atoms with E-state index < -0.39 is 6.09 Å². The first kappa shape index (κ1) is 12.1. The zero-order chi connectivity index (χ0) is 11.3. The van der Waals surface area contributed by atoms with Gasteiger partial charge in [0.25, 0.3) is 0 Å². The molecule has 82 valence electrons. The van der Waals surface area contributed by atoms with Gasteiger partial charge in [-0.05, 0) is 22.0 Å². The Morgan fingerprint density at radius 1 is 1.73 bits per heavy atom. The molecule has 0 aromatic carbocycles. The summed E-state index contributed by atoms with van der Waals surface area (Å²) in [6.45, 7) is 0.365. The maximum absolute atomic E-state index is 10.1. The molecule has 1 amide bonds. The van der Waals surface area contributed by atoms with Crippen LogP contribution in [0.25, 0.3) is 0 Å². The molecule has 15 heavy (non-hydrogen) atoms. The van der Waals surface area contributed by atoms with Crippen molar-refractivity contribution in [2.75, 3.05) is 13.2 Å². The Bertz CT molecular complexity index is 362. The lowest BCUT2D eigenvalue weighted by molar-refractivity contribution is 0.191. The quantitative estimate of drug-likeness (QED) is 0.835. The lowest BCUT2D eigenvalue weighted by atomic mass is 10.5. The molecule has 0 atom stereocenters. The van der Waals surface area contributed by atoms with E-state index >= 15 is 0 Å². The van der Waals surface area contributed by atoms with Crippen LogP contribution in [0.3, 0.4) is 0 Å². The van der Waals surface area contributed by atoms with Crippen LogP contribution in [0.2, 0.25) is 5.02 Å². The van der Waals surface area contributed by atoms with E-state index in [1.807, 2.05) is 0 Å². The normalized spacial score (nSPS) is 9.73. The SMILES string of the molecule is O=C(O)NCCOc1ncc(Br)cc1Cl. The molecule has 0 bridgehead atoms. The Morgan fingerprint density at radius 3 is 3.07 bits per heavy atom. The van der Waals surface area contributed by atoms with Gasteiger partial charge in [-0.3, -0.25) is 0 Å². The lowest BCUT2D eigenvalue weighted by Gasteiger charge is -2.06. The number of hydrogen-bond donors (Lipinski definition) is 2. The highest BCUT2D eigenvalue weighted by Gasteiger charge is 2.03. The number of hydrogen-bond acceptors (Lipinski definition) is 3.